The number of hydrogen-bond donors (Lipinski definition) is 0. The molecule has 7 aromatic carbocycles. The lowest BCUT2D eigenvalue weighted by atomic mass is 9.34. The molecule has 0 saturated heterocycles. The molecule has 266 valence electrons. The van der Waals surface area contributed by atoms with Gasteiger partial charge in [-0.3, -0.25) is 0 Å². The van der Waals surface area contributed by atoms with E-state index < -0.39 is 0 Å². The Hall–Kier alpha value is -6.13. The lowest BCUT2D eigenvalue weighted by molar-refractivity contribution is 0.486. The van der Waals surface area contributed by atoms with Gasteiger partial charge in [-0.15, -0.1) is 0 Å². The number of benzene rings is 7. The average molecular weight is 720 g/mol. The molecule has 0 spiro atoms. The summed E-state index contributed by atoms with van der Waals surface area (Å²) in [6.45, 7) is 13.9. The molecule has 0 N–H and O–H groups in total. The van der Waals surface area contributed by atoms with Crippen LogP contribution in [0.1, 0.15) is 52.7 Å². The van der Waals surface area contributed by atoms with Crippen molar-refractivity contribution in [2.24, 2.45) is 0 Å². The summed E-state index contributed by atoms with van der Waals surface area (Å²) in [5.74, 6) is 3.81. The number of nitrogens with zero attached hydrogens (tertiary/aromatic N) is 2. The number of ether oxygens (including phenoxy) is 2. The minimum atomic E-state index is 0.0263. The highest BCUT2D eigenvalue weighted by atomic mass is 16.5. The van der Waals surface area contributed by atoms with Crippen LogP contribution in [0.25, 0.3) is 55.0 Å². The second-order valence-corrected chi connectivity index (χ2v) is 18.5. The molecule has 0 radical (unpaired) electrons. The molecule has 0 aliphatic carbocycles. The van der Waals surface area contributed by atoms with E-state index in [0.717, 1.165) is 23.0 Å². The van der Waals surface area contributed by atoms with E-state index in [1.165, 1.54) is 98.9 Å². The molecule has 4 nitrogen and oxygen atoms in total. The van der Waals surface area contributed by atoms with Crippen LogP contribution < -0.4 is 42.3 Å². The largest absolute Gasteiger partial charge is 0.458 e. The van der Waals surface area contributed by atoms with Crippen LogP contribution in [0.5, 0.6) is 23.0 Å². The van der Waals surface area contributed by atoms with Gasteiger partial charge in [-0.1, -0.05) is 102 Å². The second-order valence-electron chi connectivity index (χ2n) is 18.5. The maximum absolute atomic E-state index is 6.80. The van der Waals surface area contributed by atoms with Gasteiger partial charge in [0.25, 0.3) is 13.4 Å². The van der Waals surface area contributed by atoms with Crippen LogP contribution in [0.4, 0.5) is 0 Å². The van der Waals surface area contributed by atoms with E-state index >= 15 is 0 Å². The number of para-hydroxylation sites is 2. The molecule has 56 heavy (non-hydrogen) atoms. The van der Waals surface area contributed by atoms with E-state index in [1.54, 1.807) is 0 Å². The van der Waals surface area contributed by atoms with Crippen LogP contribution in [-0.2, 0) is 10.8 Å². The van der Waals surface area contributed by atoms with Gasteiger partial charge in [0.15, 0.2) is 0 Å². The van der Waals surface area contributed by atoms with Gasteiger partial charge in [-0.05, 0) is 115 Å². The highest BCUT2D eigenvalue weighted by molar-refractivity contribution is 7.00. The van der Waals surface area contributed by atoms with Gasteiger partial charge >= 0.3 is 0 Å². The van der Waals surface area contributed by atoms with Crippen molar-refractivity contribution in [2.45, 2.75) is 52.4 Å². The van der Waals surface area contributed by atoms with Crippen LogP contribution in [0.2, 0.25) is 0 Å². The van der Waals surface area contributed by atoms with Gasteiger partial charge in [-0.2, -0.15) is 0 Å². The third-order valence-corrected chi connectivity index (χ3v) is 13.3. The highest BCUT2D eigenvalue weighted by Crippen LogP contribution is 2.44. The van der Waals surface area contributed by atoms with Crippen molar-refractivity contribution in [2.75, 3.05) is 0 Å². The van der Waals surface area contributed by atoms with Crippen molar-refractivity contribution in [3.63, 3.8) is 0 Å². The molecule has 2 aromatic heterocycles. The molecule has 6 heteroatoms. The van der Waals surface area contributed by atoms with Crippen LogP contribution in [0.3, 0.4) is 0 Å². The molecule has 4 aliphatic rings. The normalized spacial score (nSPS) is 14.5. The van der Waals surface area contributed by atoms with Gasteiger partial charge in [0.2, 0.25) is 0 Å². The Kier molecular flexibility index (Phi) is 5.55. The van der Waals surface area contributed by atoms with Crippen molar-refractivity contribution in [1.29, 1.82) is 0 Å². The summed E-state index contributed by atoms with van der Waals surface area (Å²) >= 11 is 0. The molecule has 13 rings (SSSR count). The number of fused-ring (bicyclic) bond motifs is 16. The van der Waals surface area contributed by atoms with Gasteiger partial charge in [-0.25, -0.2) is 0 Å². The van der Waals surface area contributed by atoms with Gasteiger partial charge in [0.1, 0.15) is 23.0 Å². The number of aromatic nitrogens is 2. The van der Waals surface area contributed by atoms with E-state index in [4.69, 9.17) is 9.47 Å². The van der Waals surface area contributed by atoms with Crippen LogP contribution in [0, 0.1) is 0 Å². The van der Waals surface area contributed by atoms with Gasteiger partial charge < -0.3 is 18.6 Å². The first kappa shape index (κ1) is 31.1. The standard InChI is InChI=1S/C50H38B2N2O2/c1-49(2,3)27-15-19-41-35(23-27)51-33-11-7-9-13-37(33)53-39-26-40-32(25-31(39)29-17-21-43(55-41)45(51)47(29)53)30-18-22-44-46-48(30)54(40)38-14-10-8-12-34(38)52(46)36-24-28(50(4,5)6)16-20-42(36)56-44/h7-26H,1-6H3. The first-order chi connectivity index (χ1) is 27.0. The van der Waals surface area contributed by atoms with Crippen LogP contribution >= 0.6 is 0 Å². The Morgan fingerprint density at radius 2 is 0.839 bits per heavy atom. The zero-order valence-corrected chi connectivity index (χ0v) is 32.4. The number of hydrogen-bond acceptors (Lipinski definition) is 2. The Morgan fingerprint density at radius 3 is 1.29 bits per heavy atom. The van der Waals surface area contributed by atoms with Crippen LogP contribution in [0.15, 0.2) is 121 Å². The first-order valence-corrected chi connectivity index (χ1v) is 20.0. The van der Waals surface area contributed by atoms with E-state index in [1.807, 2.05) is 0 Å². The minimum absolute atomic E-state index is 0.0263. The average Bonchev–Trinajstić information content (AvgIpc) is 3.70. The van der Waals surface area contributed by atoms with Crippen molar-refractivity contribution in [1.82, 2.24) is 9.13 Å². The van der Waals surface area contributed by atoms with E-state index in [2.05, 4.69) is 172 Å². The summed E-state index contributed by atoms with van der Waals surface area (Å²) in [4.78, 5) is 0. The molecule has 4 aliphatic heterocycles. The summed E-state index contributed by atoms with van der Waals surface area (Å²) in [6, 6.07) is 45.6. The zero-order valence-electron chi connectivity index (χ0n) is 32.4. The third kappa shape index (κ3) is 3.73. The third-order valence-electron chi connectivity index (χ3n) is 13.3. The van der Waals surface area contributed by atoms with E-state index in [9.17, 15) is 0 Å². The summed E-state index contributed by atoms with van der Waals surface area (Å²) in [5.41, 5.74) is 17.8. The molecule has 0 atom stereocenters. The molecular formula is C50H38B2N2O2. The summed E-state index contributed by atoms with van der Waals surface area (Å²) in [6.07, 6.45) is 0. The van der Waals surface area contributed by atoms with E-state index in [0.29, 0.717) is 0 Å². The lowest BCUT2D eigenvalue weighted by Crippen LogP contribution is -2.58. The molecule has 0 fully saturated rings. The van der Waals surface area contributed by atoms with Gasteiger partial charge in [0.05, 0.1) is 22.1 Å². The molecule has 0 bridgehead atoms. The summed E-state index contributed by atoms with van der Waals surface area (Å²) < 4.78 is 18.7. The maximum atomic E-state index is 6.80. The van der Waals surface area contributed by atoms with Crippen molar-refractivity contribution in [3.05, 3.63) is 132 Å². The topological polar surface area (TPSA) is 28.3 Å². The Bertz CT molecular complexity index is 3080. The van der Waals surface area contributed by atoms with Crippen molar-refractivity contribution in [3.8, 4) is 34.4 Å². The van der Waals surface area contributed by atoms with Crippen molar-refractivity contribution < 1.29 is 9.47 Å². The smallest absolute Gasteiger partial charge is 0.256 e. The molecule has 0 amide bonds. The first-order valence-electron chi connectivity index (χ1n) is 20.0. The van der Waals surface area contributed by atoms with Crippen molar-refractivity contribution >= 4 is 89.8 Å². The number of rotatable bonds is 0. The fraction of sp³-hybridized carbons (Fsp3) is 0.160. The molecule has 9 aromatic rings. The zero-order chi connectivity index (χ0) is 37.6. The second kappa shape index (κ2) is 9.99. The fourth-order valence-corrected chi connectivity index (χ4v) is 10.7. The predicted octanol–water partition coefficient (Wildman–Crippen LogP) is 8.35. The fourth-order valence-electron chi connectivity index (χ4n) is 10.7. The quantitative estimate of drug-likeness (QED) is 0.148. The SMILES string of the molecule is CC(C)(C)c1ccc2c(c1)B1c3ccccc3-n3c4cc5c(cc4c4ccc(c1c43)O2)c1ccc2c3c1n5-c1ccccc1B3c1cc(C(C)(C)C)ccc1O2. The predicted molar refractivity (Wildman–Crippen MR) is 235 cm³/mol. The van der Waals surface area contributed by atoms with E-state index in [-0.39, 0.29) is 24.3 Å². The molecular weight excluding hydrogens is 682 g/mol. The molecule has 6 heterocycles. The molecule has 0 saturated carbocycles. The lowest BCUT2D eigenvalue weighted by Gasteiger charge is -2.34. The molecule has 0 unspecified atom stereocenters. The highest BCUT2D eigenvalue weighted by Gasteiger charge is 2.43. The van der Waals surface area contributed by atoms with Crippen LogP contribution in [-0.4, -0.2) is 22.6 Å². The summed E-state index contributed by atoms with van der Waals surface area (Å²) in [7, 11) is 0. The van der Waals surface area contributed by atoms with Gasteiger partial charge in [0, 0.05) is 32.9 Å². The monoisotopic (exact) mass is 720 g/mol. The Labute approximate surface area is 326 Å². The summed E-state index contributed by atoms with van der Waals surface area (Å²) in [5, 5.41) is 5.05. The Balaban J connectivity index is 1.13. The minimum Gasteiger partial charge on any atom is -0.458 e. The maximum Gasteiger partial charge on any atom is 0.256 e. The Morgan fingerprint density at radius 1 is 0.411 bits per heavy atom.